The zero-order valence-electron chi connectivity index (χ0n) is 8.14. The van der Waals surface area contributed by atoms with Crippen LogP contribution in [0.4, 0.5) is 0 Å². The van der Waals surface area contributed by atoms with Gasteiger partial charge in [-0.2, -0.15) is 0 Å². The second kappa shape index (κ2) is 7.79. The fourth-order valence-corrected chi connectivity index (χ4v) is 0.852. The number of carbonyl (C=O) groups excluding carboxylic acids is 1. The van der Waals surface area contributed by atoms with Crippen molar-refractivity contribution in [3.63, 3.8) is 0 Å². The molecule has 13 heavy (non-hydrogen) atoms. The maximum absolute atomic E-state index is 11.0. The third-order valence-electron chi connectivity index (χ3n) is 1.33. The SMILES string of the molecule is CCCNC(=S)NNC(=O)CCC. The van der Waals surface area contributed by atoms with E-state index in [1.165, 1.54) is 0 Å². The van der Waals surface area contributed by atoms with E-state index in [2.05, 4.69) is 16.2 Å². The molecule has 0 aliphatic heterocycles. The minimum atomic E-state index is -0.0388. The van der Waals surface area contributed by atoms with Crippen molar-refractivity contribution in [2.45, 2.75) is 33.1 Å². The van der Waals surface area contributed by atoms with Crippen molar-refractivity contribution in [2.75, 3.05) is 6.54 Å². The monoisotopic (exact) mass is 203 g/mol. The Morgan fingerprint density at radius 3 is 2.46 bits per heavy atom. The number of rotatable bonds is 4. The number of hydrogen-bond acceptors (Lipinski definition) is 2. The molecule has 76 valence electrons. The van der Waals surface area contributed by atoms with Crippen molar-refractivity contribution in [2.24, 2.45) is 0 Å². The quantitative estimate of drug-likeness (QED) is 0.465. The molecule has 5 heteroatoms. The van der Waals surface area contributed by atoms with Crippen LogP contribution >= 0.6 is 12.2 Å². The average Bonchev–Trinajstić information content (AvgIpc) is 2.12. The molecule has 0 heterocycles. The van der Waals surface area contributed by atoms with Crippen LogP contribution < -0.4 is 16.2 Å². The smallest absolute Gasteiger partial charge is 0.238 e. The van der Waals surface area contributed by atoms with E-state index < -0.39 is 0 Å². The first-order chi connectivity index (χ1) is 6.20. The lowest BCUT2D eigenvalue weighted by molar-refractivity contribution is -0.121. The number of nitrogens with one attached hydrogen (secondary N) is 3. The number of carbonyl (C=O) groups is 1. The molecular formula is C8H17N3OS. The minimum Gasteiger partial charge on any atom is -0.361 e. The summed E-state index contributed by atoms with van der Waals surface area (Å²) in [6, 6.07) is 0. The van der Waals surface area contributed by atoms with Crippen molar-refractivity contribution < 1.29 is 4.79 Å². The Kier molecular flexibility index (Phi) is 7.29. The lowest BCUT2D eigenvalue weighted by Crippen LogP contribution is -2.46. The van der Waals surface area contributed by atoms with Gasteiger partial charge in [0.1, 0.15) is 0 Å². The predicted molar refractivity (Wildman–Crippen MR) is 57.1 cm³/mol. The average molecular weight is 203 g/mol. The van der Waals surface area contributed by atoms with Gasteiger partial charge in [0.15, 0.2) is 5.11 Å². The zero-order valence-corrected chi connectivity index (χ0v) is 8.96. The van der Waals surface area contributed by atoms with Gasteiger partial charge in [-0.3, -0.25) is 15.6 Å². The summed E-state index contributed by atoms with van der Waals surface area (Å²) in [5, 5.41) is 3.40. The van der Waals surface area contributed by atoms with E-state index in [1.807, 2.05) is 13.8 Å². The first kappa shape index (κ1) is 12.2. The number of hydrogen-bond donors (Lipinski definition) is 3. The van der Waals surface area contributed by atoms with Gasteiger partial charge in [-0.25, -0.2) is 0 Å². The molecule has 1 amide bonds. The maximum atomic E-state index is 11.0. The highest BCUT2D eigenvalue weighted by atomic mass is 32.1. The Morgan fingerprint density at radius 1 is 1.23 bits per heavy atom. The number of thiocarbonyl (C=S) groups is 1. The van der Waals surface area contributed by atoms with E-state index in [9.17, 15) is 4.79 Å². The number of hydrazine groups is 1. The summed E-state index contributed by atoms with van der Waals surface area (Å²) in [6.07, 6.45) is 2.36. The van der Waals surface area contributed by atoms with Crippen molar-refractivity contribution in [3.05, 3.63) is 0 Å². The summed E-state index contributed by atoms with van der Waals surface area (Å²) in [7, 11) is 0. The van der Waals surface area contributed by atoms with E-state index in [1.54, 1.807) is 0 Å². The van der Waals surface area contributed by atoms with Gasteiger partial charge in [0.2, 0.25) is 5.91 Å². The number of amides is 1. The highest BCUT2D eigenvalue weighted by molar-refractivity contribution is 7.80. The molecule has 0 unspecified atom stereocenters. The fourth-order valence-electron chi connectivity index (χ4n) is 0.699. The molecular weight excluding hydrogens is 186 g/mol. The molecule has 0 saturated carbocycles. The fraction of sp³-hybridized carbons (Fsp3) is 0.750. The zero-order chi connectivity index (χ0) is 10.1. The van der Waals surface area contributed by atoms with E-state index in [0.717, 1.165) is 19.4 Å². The first-order valence-electron chi connectivity index (χ1n) is 4.53. The third kappa shape index (κ3) is 7.52. The maximum Gasteiger partial charge on any atom is 0.238 e. The lowest BCUT2D eigenvalue weighted by Gasteiger charge is -2.09. The van der Waals surface area contributed by atoms with Crippen molar-refractivity contribution in [1.82, 2.24) is 16.2 Å². The van der Waals surface area contributed by atoms with Crippen molar-refractivity contribution >= 4 is 23.2 Å². The van der Waals surface area contributed by atoms with Crippen LogP contribution in [-0.2, 0) is 4.79 Å². The molecule has 0 rings (SSSR count). The van der Waals surface area contributed by atoms with E-state index in [-0.39, 0.29) is 5.91 Å². The molecule has 0 aliphatic rings. The van der Waals surface area contributed by atoms with Crippen LogP contribution in [0.15, 0.2) is 0 Å². The van der Waals surface area contributed by atoms with Gasteiger partial charge < -0.3 is 5.32 Å². The topological polar surface area (TPSA) is 53.2 Å². The molecule has 0 bridgehead atoms. The summed E-state index contributed by atoms with van der Waals surface area (Å²) in [5.41, 5.74) is 5.12. The van der Waals surface area contributed by atoms with Crippen LogP contribution in [0, 0.1) is 0 Å². The lowest BCUT2D eigenvalue weighted by atomic mass is 10.3. The molecule has 0 fully saturated rings. The molecule has 0 saturated heterocycles. The van der Waals surface area contributed by atoms with Gasteiger partial charge in [0.05, 0.1) is 0 Å². The van der Waals surface area contributed by atoms with Crippen molar-refractivity contribution in [3.8, 4) is 0 Å². The standard InChI is InChI=1S/C8H17N3OS/c1-3-5-7(12)10-11-8(13)9-6-4-2/h3-6H2,1-2H3,(H,10,12)(H2,9,11,13). The molecule has 0 aromatic carbocycles. The summed E-state index contributed by atoms with van der Waals surface area (Å²) in [4.78, 5) is 11.0. The summed E-state index contributed by atoms with van der Waals surface area (Å²) in [6.45, 7) is 4.81. The van der Waals surface area contributed by atoms with Gasteiger partial charge >= 0.3 is 0 Å². The third-order valence-corrected chi connectivity index (χ3v) is 1.57. The molecule has 0 aliphatic carbocycles. The summed E-state index contributed by atoms with van der Waals surface area (Å²) < 4.78 is 0. The van der Waals surface area contributed by atoms with Crippen LogP contribution in [0.25, 0.3) is 0 Å². The minimum absolute atomic E-state index is 0.0388. The Hall–Kier alpha value is -0.840. The van der Waals surface area contributed by atoms with E-state index in [4.69, 9.17) is 12.2 Å². The molecule has 0 spiro atoms. The van der Waals surface area contributed by atoms with Crippen LogP contribution in [0.5, 0.6) is 0 Å². The molecule has 4 nitrogen and oxygen atoms in total. The van der Waals surface area contributed by atoms with Gasteiger partial charge in [0, 0.05) is 13.0 Å². The van der Waals surface area contributed by atoms with Crippen LogP contribution in [-0.4, -0.2) is 17.6 Å². The highest BCUT2D eigenvalue weighted by Gasteiger charge is 1.98. The normalized spacial score (nSPS) is 9.08. The Balaban J connectivity index is 3.40. The second-order valence-electron chi connectivity index (χ2n) is 2.68. The molecule has 0 aromatic heterocycles. The highest BCUT2D eigenvalue weighted by Crippen LogP contribution is 1.83. The van der Waals surface area contributed by atoms with E-state index in [0.29, 0.717) is 11.5 Å². The molecule has 0 aromatic rings. The van der Waals surface area contributed by atoms with Gasteiger partial charge in [-0.05, 0) is 25.1 Å². The molecule has 3 N–H and O–H groups in total. The van der Waals surface area contributed by atoms with Crippen LogP contribution in [0.3, 0.4) is 0 Å². The second-order valence-corrected chi connectivity index (χ2v) is 3.09. The van der Waals surface area contributed by atoms with Crippen molar-refractivity contribution in [1.29, 1.82) is 0 Å². The molecule has 0 atom stereocenters. The summed E-state index contributed by atoms with van der Waals surface area (Å²) >= 11 is 4.89. The Bertz CT molecular complexity index is 173. The molecule has 0 radical (unpaired) electrons. The van der Waals surface area contributed by atoms with Crippen LogP contribution in [0.1, 0.15) is 33.1 Å². The van der Waals surface area contributed by atoms with Gasteiger partial charge in [-0.1, -0.05) is 13.8 Å². The first-order valence-corrected chi connectivity index (χ1v) is 4.94. The van der Waals surface area contributed by atoms with Gasteiger partial charge in [-0.15, -0.1) is 0 Å². The predicted octanol–water partition coefficient (Wildman–Crippen LogP) is 0.692. The van der Waals surface area contributed by atoms with E-state index >= 15 is 0 Å². The van der Waals surface area contributed by atoms with Crippen LogP contribution in [0.2, 0.25) is 0 Å². The Morgan fingerprint density at radius 2 is 1.92 bits per heavy atom. The Labute approximate surface area is 84.4 Å². The largest absolute Gasteiger partial charge is 0.361 e. The van der Waals surface area contributed by atoms with Gasteiger partial charge in [0.25, 0.3) is 0 Å². The summed E-state index contributed by atoms with van der Waals surface area (Å²) in [5.74, 6) is -0.0388.